The van der Waals surface area contributed by atoms with Gasteiger partial charge in [-0.25, -0.2) is 8.78 Å². The first-order valence-electron chi connectivity index (χ1n) is 10.6. The highest BCUT2D eigenvalue weighted by molar-refractivity contribution is 5.47. The molecule has 2 aromatic carbocycles. The van der Waals surface area contributed by atoms with E-state index >= 15 is 0 Å². The number of hydrogen-bond acceptors (Lipinski definition) is 4. The summed E-state index contributed by atoms with van der Waals surface area (Å²) in [5.41, 5.74) is 2.23. The SMILES string of the molecule is Fc1ccc(N2CCN(CCCN3CCN(c4ccc(F)cc4)CC3)CC2)cc1. The summed E-state index contributed by atoms with van der Waals surface area (Å²) in [5, 5.41) is 0. The Morgan fingerprint density at radius 3 is 1.21 bits per heavy atom. The lowest BCUT2D eigenvalue weighted by Gasteiger charge is -2.38. The van der Waals surface area contributed by atoms with E-state index in [9.17, 15) is 8.78 Å². The summed E-state index contributed by atoms with van der Waals surface area (Å²) in [6.07, 6.45) is 1.19. The van der Waals surface area contributed by atoms with Gasteiger partial charge in [-0.05, 0) is 68.0 Å². The molecular formula is C23H30F2N4. The van der Waals surface area contributed by atoms with Crippen molar-refractivity contribution in [3.8, 4) is 0 Å². The van der Waals surface area contributed by atoms with Crippen molar-refractivity contribution in [2.75, 3.05) is 75.2 Å². The third-order valence-corrected chi connectivity index (χ3v) is 6.08. The van der Waals surface area contributed by atoms with Crippen molar-refractivity contribution in [3.05, 3.63) is 60.2 Å². The molecule has 0 spiro atoms. The van der Waals surface area contributed by atoms with Gasteiger partial charge in [-0.2, -0.15) is 0 Å². The molecule has 0 aliphatic carbocycles. The summed E-state index contributed by atoms with van der Waals surface area (Å²) in [6, 6.07) is 13.6. The molecule has 6 heteroatoms. The van der Waals surface area contributed by atoms with E-state index in [1.807, 2.05) is 24.3 Å². The molecule has 29 heavy (non-hydrogen) atoms. The maximum absolute atomic E-state index is 13.1. The fourth-order valence-corrected chi connectivity index (χ4v) is 4.28. The molecule has 0 atom stereocenters. The van der Waals surface area contributed by atoms with Crippen molar-refractivity contribution in [1.29, 1.82) is 0 Å². The van der Waals surface area contributed by atoms with Gasteiger partial charge in [-0.15, -0.1) is 0 Å². The molecule has 156 valence electrons. The minimum atomic E-state index is -0.175. The summed E-state index contributed by atoms with van der Waals surface area (Å²) >= 11 is 0. The Balaban J connectivity index is 1.13. The molecule has 0 aromatic heterocycles. The van der Waals surface area contributed by atoms with E-state index in [2.05, 4.69) is 19.6 Å². The smallest absolute Gasteiger partial charge is 0.123 e. The second-order valence-corrected chi connectivity index (χ2v) is 7.96. The summed E-state index contributed by atoms with van der Waals surface area (Å²) in [7, 11) is 0. The van der Waals surface area contributed by atoms with Gasteiger partial charge < -0.3 is 9.80 Å². The van der Waals surface area contributed by atoms with E-state index in [1.54, 1.807) is 0 Å². The quantitative estimate of drug-likeness (QED) is 0.738. The normalized spacial score (nSPS) is 19.0. The first-order chi connectivity index (χ1) is 14.2. The van der Waals surface area contributed by atoms with Crippen LogP contribution in [0.3, 0.4) is 0 Å². The number of halogens is 2. The van der Waals surface area contributed by atoms with Gasteiger partial charge in [0.25, 0.3) is 0 Å². The van der Waals surface area contributed by atoms with Crippen LogP contribution >= 0.6 is 0 Å². The van der Waals surface area contributed by atoms with Gasteiger partial charge in [-0.3, -0.25) is 9.80 Å². The topological polar surface area (TPSA) is 13.0 Å². The van der Waals surface area contributed by atoms with Gasteiger partial charge in [0, 0.05) is 63.7 Å². The fraction of sp³-hybridized carbons (Fsp3) is 0.478. The largest absolute Gasteiger partial charge is 0.369 e. The third kappa shape index (κ3) is 5.46. The van der Waals surface area contributed by atoms with Crippen molar-refractivity contribution in [2.45, 2.75) is 6.42 Å². The summed E-state index contributed by atoms with van der Waals surface area (Å²) in [4.78, 5) is 9.75. The van der Waals surface area contributed by atoms with Crippen molar-refractivity contribution < 1.29 is 8.78 Å². The van der Waals surface area contributed by atoms with Crippen LogP contribution in [0.25, 0.3) is 0 Å². The molecule has 0 saturated carbocycles. The Morgan fingerprint density at radius 1 is 0.517 bits per heavy atom. The molecular weight excluding hydrogens is 370 g/mol. The van der Waals surface area contributed by atoms with Crippen molar-refractivity contribution in [3.63, 3.8) is 0 Å². The summed E-state index contributed by atoms with van der Waals surface area (Å²) in [6.45, 7) is 10.5. The highest BCUT2D eigenvalue weighted by Gasteiger charge is 2.19. The molecule has 0 N–H and O–H groups in total. The number of anilines is 2. The minimum absolute atomic E-state index is 0.175. The second-order valence-electron chi connectivity index (χ2n) is 7.96. The molecule has 2 aliphatic rings. The van der Waals surface area contributed by atoms with Gasteiger partial charge in [0.1, 0.15) is 11.6 Å². The molecule has 4 rings (SSSR count). The molecule has 2 saturated heterocycles. The van der Waals surface area contributed by atoms with Crippen molar-refractivity contribution >= 4 is 11.4 Å². The molecule has 4 nitrogen and oxygen atoms in total. The zero-order chi connectivity index (χ0) is 20.1. The van der Waals surface area contributed by atoms with Gasteiger partial charge in [0.2, 0.25) is 0 Å². The van der Waals surface area contributed by atoms with Crippen LogP contribution in [0, 0.1) is 11.6 Å². The van der Waals surface area contributed by atoms with E-state index in [0.29, 0.717) is 0 Å². The number of piperazine rings is 2. The van der Waals surface area contributed by atoms with Crippen molar-refractivity contribution in [2.24, 2.45) is 0 Å². The van der Waals surface area contributed by atoms with Crippen LogP contribution in [-0.4, -0.2) is 75.2 Å². The zero-order valence-electron chi connectivity index (χ0n) is 16.9. The average Bonchev–Trinajstić information content (AvgIpc) is 2.76. The molecule has 0 unspecified atom stereocenters. The third-order valence-electron chi connectivity index (χ3n) is 6.08. The maximum atomic E-state index is 13.1. The van der Waals surface area contributed by atoms with Crippen LogP contribution in [0.4, 0.5) is 20.2 Å². The van der Waals surface area contributed by atoms with E-state index in [-0.39, 0.29) is 11.6 Å². The zero-order valence-corrected chi connectivity index (χ0v) is 16.9. The standard InChI is InChI=1S/C23H30F2N4/c24-20-2-6-22(7-3-20)28-16-12-26(13-17-28)10-1-11-27-14-18-29(19-15-27)23-8-4-21(25)5-9-23/h2-9H,1,10-19H2. The highest BCUT2D eigenvalue weighted by atomic mass is 19.1. The van der Waals surface area contributed by atoms with E-state index in [0.717, 1.165) is 76.8 Å². The van der Waals surface area contributed by atoms with Crippen molar-refractivity contribution in [1.82, 2.24) is 9.80 Å². The Kier molecular flexibility index (Phi) is 6.62. The minimum Gasteiger partial charge on any atom is -0.369 e. The number of benzene rings is 2. The number of nitrogens with zero attached hydrogens (tertiary/aromatic N) is 4. The second kappa shape index (κ2) is 9.55. The van der Waals surface area contributed by atoms with E-state index < -0.39 is 0 Å². The van der Waals surface area contributed by atoms with Crippen LogP contribution in [-0.2, 0) is 0 Å². The molecule has 2 fully saturated rings. The molecule has 2 heterocycles. The van der Waals surface area contributed by atoms with Gasteiger partial charge >= 0.3 is 0 Å². The van der Waals surface area contributed by atoms with Crippen LogP contribution in [0.1, 0.15) is 6.42 Å². The van der Waals surface area contributed by atoms with Gasteiger partial charge in [-0.1, -0.05) is 0 Å². The first kappa shape index (κ1) is 20.1. The predicted molar refractivity (Wildman–Crippen MR) is 115 cm³/mol. The predicted octanol–water partition coefficient (Wildman–Crippen LogP) is 3.30. The lowest BCUT2D eigenvalue weighted by molar-refractivity contribution is 0.213. The van der Waals surface area contributed by atoms with E-state index in [4.69, 9.17) is 0 Å². The fourth-order valence-electron chi connectivity index (χ4n) is 4.28. The van der Waals surface area contributed by atoms with E-state index in [1.165, 1.54) is 30.7 Å². The summed E-state index contributed by atoms with van der Waals surface area (Å²) < 4.78 is 26.2. The van der Waals surface area contributed by atoms with Crippen LogP contribution in [0.2, 0.25) is 0 Å². The Bertz CT molecular complexity index is 684. The summed E-state index contributed by atoms with van der Waals surface area (Å²) in [5.74, 6) is -0.350. The Labute approximate surface area is 172 Å². The monoisotopic (exact) mass is 400 g/mol. The highest BCUT2D eigenvalue weighted by Crippen LogP contribution is 2.18. The maximum Gasteiger partial charge on any atom is 0.123 e. The van der Waals surface area contributed by atoms with Gasteiger partial charge in [0.15, 0.2) is 0 Å². The molecule has 0 radical (unpaired) electrons. The Morgan fingerprint density at radius 2 is 0.862 bits per heavy atom. The van der Waals surface area contributed by atoms with Gasteiger partial charge in [0.05, 0.1) is 0 Å². The lowest BCUT2D eigenvalue weighted by Crippen LogP contribution is -2.48. The first-order valence-corrected chi connectivity index (χ1v) is 10.6. The van der Waals surface area contributed by atoms with Crippen LogP contribution in [0.5, 0.6) is 0 Å². The lowest BCUT2D eigenvalue weighted by atomic mass is 10.2. The Hall–Kier alpha value is -2.18. The van der Waals surface area contributed by atoms with Crippen LogP contribution in [0.15, 0.2) is 48.5 Å². The number of hydrogen-bond donors (Lipinski definition) is 0. The molecule has 2 aliphatic heterocycles. The molecule has 0 bridgehead atoms. The van der Waals surface area contributed by atoms with Crippen LogP contribution < -0.4 is 9.80 Å². The number of rotatable bonds is 6. The average molecular weight is 401 g/mol. The molecule has 2 aromatic rings. The molecule has 0 amide bonds.